The minimum absolute atomic E-state index is 0.0284. The molecule has 1 amide bonds. The number of hydrogen-bond donors (Lipinski definition) is 1. The second kappa shape index (κ2) is 10.3. The molecule has 0 spiro atoms. The van der Waals surface area contributed by atoms with E-state index in [-0.39, 0.29) is 12.5 Å². The molecule has 2 aromatic carbocycles. The monoisotopic (exact) mass is 452 g/mol. The Morgan fingerprint density at radius 2 is 1.72 bits per heavy atom. The van der Waals surface area contributed by atoms with Crippen molar-refractivity contribution in [2.45, 2.75) is 0 Å². The summed E-state index contributed by atoms with van der Waals surface area (Å²) in [6.07, 6.45) is 0. The first-order valence-electron chi connectivity index (χ1n) is 10.3. The molecule has 7 nitrogen and oxygen atoms in total. The zero-order valence-electron chi connectivity index (χ0n) is 17.7. The Kier molecular flexibility index (Phi) is 7.03. The Labute approximate surface area is 190 Å². The van der Waals surface area contributed by atoms with Crippen molar-refractivity contribution in [2.75, 3.05) is 45.3 Å². The number of esters is 1. The number of nitrogens with one attached hydrogen (secondary N) is 1. The second-order valence-corrected chi connectivity index (χ2v) is 8.18. The number of ether oxygens (including phenoxy) is 3. The van der Waals surface area contributed by atoms with Crippen LogP contribution in [0.4, 0.5) is 5.69 Å². The summed E-state index contributed by atoms with van der Waals surface area (Å²) in [5, 5.41) is 3.11. The maximum Gasteiger partial charge on any atom is 0.350 e. The maximum absolute atomic E-state index is 12.5. The van der Waals surface area contributed by atoms with Crippen molar-refractivity contribution in [1.82, 2.24) is 4.90 Å². The van der Waals surface area contributed by atoms with Crippen LogP contribution in [-0.2, 0) is 14.3 Å². The molecule has 32 heavy (non-hydrogen) atoms. The number of benzene rings is 2. The van der Waals surface area contributed by atoms with Gasteiger partial charge in [-0.15, -0.1) is 11.3 Å². The van der Waals surface area contributed by atoms with Crippen LogP contribution in [0.5, 0.6) is 11.5 Å². The van der Waals surface area contributed by atoms with E-state index in [9.17, 15) is 9.59 Å². The minimum atomic E-state index is -0.438. The van der Waals surface area contributed by atoms with E-state index >= 15 is 0 Å². The van der Waals surface area contributed by atoms with E-state index in [1.807, 2.05) is 60.7 Å². The number of thiophene rings is 1. The van der Waals surface area contributed by atoms with Crippen molar-refractivity contribution in [1.29, 1.82) is 0 Å². The third-order valence-electron chi connectivity index (χ3n) is 5.01. The van der Waals surface area contributed by atoms with Crippen LogP contribution in [0.3, 0.4) is 0 Å². The molecule has 1 fully saturated rings. The molecule has 1 aliphatic rings. The number of rotatable bonds is 7. The number of carbonyl (C=O) groups excluding carboxylic acids is 2. The third kappa shape index (κ3) is 5.27. The van der Waals surface area contributed by atoms with Crippen LogP contribution in [0.1, 0.15) is 9.67 Å². The molecular formula is C24H24N2O5S. The predicted octanol–water partition coefficient (Wildman–Crippen LogP) is 4.26. The highest BCUT2D eigenvalue weighted by molar-refractivity contribution is 7.18. The topological polar surface area (TPSA) is 77.1 Å². The summed E-state index contributed by atoms with van der Waals surface area (Å²) in [5.74, 6) is 1.02. The molecular weight excluding hydrogens is 428 g/mol. The van der Waals surface area contributed by atoms with E-state index in [1.165, 1.54) is 18.4 Å². The summed E-state index contributed by atoms with van der Waals surface area (Å²) in [5.41, 5.74) is 1.52. The minimum Gasteiger partial charge on any atom is -0.465 e. The number of anilines is 1. The molecule has 0 unspecified atom stereocenters. The van der Waals surface area contributed by atoms with Crippen LogP contribution in [-0.4, -0.2) is 56.7 Å². The number of amides is 1. The van der Waals surface area contributed by atoms with Gasteiger partial charge in [0.05, 0.1) is 32.6 Å². The summed E-state index contributed by atoms with van der Waals surface area (Å²) in [6.45, 7) is 2.36. The van der Waals surface area contributed by atoms with Crippen LogP contribution in [0.15, 0.2) is 60.7 Å². The van der Waals surface area contributed by atoms with Gasteiger partial charge in [-0.25, -0.2) is 4.79 Å². The third-order valence-corrected chi connectivity index (χ3v) is 6.18. The number of hydrogen-bond acceptors (Lipinski definition) is 7. The first-order valence-corrected chi connectivity index (χ1v) is 11.1. The predicted molar refractivity (Wildman–Crippen MR) is 123 cm³/mol. The highest BCUT2D eigenvalue weighted by atomic mass is 32.1. The van der Waals surface area contributed by atoms with Crippen molar-refractivity contribution < 1.29 is 23.8 Å². The van der Waals surface area contributed by atoms with Crippen molar-refractivity contribution >= 4 is 28.9 Å². The van der Waals surface area contributed by atoms with Crippen molar-refractivity contribution in [2.24, 2.45) is 0 Å². The van der Waals surface area contributed by atoms with Gasteiger partial charge in [0.25, 0.3) is 0 Å². The molecule has 166 valence electrons. The average Bonchev–Trinajstić information content (AvgIpc) is 3.28. The molecule has 1 N–H and O–H groups in total. The lowest BCUT2D eigenvalue weighted by Crippen LogP contribution is -2.43. The van der Waals surface area contributed by atoms with Gasteiger partial charge in [0, 0.05) is 18.0 Å². The standard InChI is InChI=1S/C24H24N2O5S/c1-29-24(28)23-20(25-16-22(27)26-11-13-30-14-12-26)15-21(32-23)17-7-9-19(10-8-17)31-18-5-3-2-4-6-18/h2-10,15,25H,11-14,16H2,1H3. The molecule has 3 aromatic rings. The zero-order valence-corrected chi connectivity index (χ0v) is 18.5. The molecule has 4 rings (SSSR count). The molecule has 0 radical (unpaired) electrons. The highest BCUT2D eigenvalue weighted by Crippen LogP contribution is 2.36. The summed E-state index contributed by atoms with van der Waals surface area (Å²) in [6, 6.07) is 19.1. The van der Waals surface area contributed by atoms with E-state index in [0.29, 0.717) is 36.9 Å². The fourth-order valence-corrected chi connectivity index (χ4v) is 4.37. The maximum atomic E-state index is 12.5. The normalized spacial score (nSPS) is 13.5. The van der Waals surface area contributed by atoms with Crippen molar-refractivity contribution in [3.63, 3.8) is 0 Å². The Morgan fingerprint density at radius 1 is 1.03 bits per heavy atom. The van der Waals surface area contributed by atoms with Crippen LogP contribution in [0.25, 0.3) is 10.4 Å². The first kappa shape index (κ1) is 21.9. The highest BCUT2D eigenvalue weighted by Gasteiger charge is 2.21. The Bertz CT molecular complexity index is 1060. The lowest BCUT2D eigenvalue weighted by Gasteiger charge is -2.27. The van der Waals surface area contributed by atoms with Gasteiger partial charge in [0.1, 0.15) is 16.4 Å². The van der Waals surface area contributed by atoms with Gasteiger partial charge in [0.2, 0.25) is 5.91 Å². The number of methoxy groups -OCH3 is 1. The molecule has 1 aromatic heterocycles. The molecule has 0 aliphatic carbocycles. The van der Waals surface area contributed by atoms with Crippen LogP contribution in [0, 0.1) is 0 Å². The average molecular weight is 453 g/mol. The summed E-state index contributed by atoms with van der Waals surface area (Å²) < 4.78 is 16.1. The van der Waals surface area contributed by atoms with E-state index in [4.69, 9.17) is 14.2 Å². The zero-order chi connectivity index (χ0) is 22.3. The van der Waals surface area contributed by atoms with Gasteiger partial charge in [-0.1, -0.05) is 18.2 Å². The van der Waals surface area contributed by atoms with Gasteiger partial charge in [-0.2, -0.15) is 0 Å². The van der Waals surface area contributed by atoms with Gasteiger partial charge >= 0.3 is 5.97 Å². The summed E-state index contributed by atoms with van der Waals surface area (Å²) in [7, 11) is 1.35. The largest absolute Gasteiger partial charge is 0.465 e. The molecule has 1 aliphatic heterocycles. The van der Waals surface area contributed by atoms with Gasteiger partial charge in [0.15, 0.2) is 0 Å². The van der Waals surface area contributed by atoms with Gasteiger partial charge in [-0.3, -0.25) is 4.79 Å². The number of nitrogens with zero attached hydrogens (tertiary/aromatic N) is 1. The fourth-order valence-electron chi connectivity index (χ4n) is 3.32. The molecule has 0 atom stereocenters. The van der Waals surface area contributed by atoms with E-state index < -0.39 is 5.97 Å². The second-order valence-electron chi connectivity index (χ2n) is 7.13. The number of para-hydroxylation sites is 1. The lowest BCUT2D eigenvalue weighted by molar-refractivity contribution is -0.133. The fraction of sp³-hybridized carbons (Fsp3) is 0.250. The van der Waals surface area contributed by atoms with Gasteiger partial charge < -0.3 is 24.4 Å². The summed E-state index contributed by atoms with van der Waals surface area (Å²) in [4.78, 5) is 27.8. The quantitative estimate of drug-likeness (QED) is 0.540. The Balaban J connectivity index is 1.48. The molecule has 1 saturated heterocycles. The van der Waals surface area contributed by atoms with Crippen molar-refractivity contribution in [3.05, 3.63) is 65.5 Å². The Morgan fingerprint density at radius 3 is 2.41 bits per heavy atom. The van der Waals surface area contributed by atoms with E-state index in [2.05, 4.69) is 5.32 Å². The Hall–Kier alpha value is -3.36. The van der Waals surface area contributed by atoms with E-state index in [1.54, 1.807) is 4.90 Å². The first-order chi connectivity index (χ1) is 15.6. The van der Waals surface area contributed by atoms with Crippen LogP contribution < -0.4 is 10.1 Å². The van der Waals surface area contributed by atoms with Crippen LogP contribution >= 0.6 is 11.3 Å². The molecule has 0 saturated carbocycles. The summed E-state index contributed by atoms with van der Waals surface area (Å²) >= 11 is 1.32. The molecule has 8 heteroatoms. The molecule has 0 bridgehead atoms. The van der Waals surface area contributed by atoms with Gasteiger partial charge in [-0.05, 0) is 48.0 Å². The lowest BCUT2D eigenvalue weighted by atomic mass is 10.1. The SMILES string of the molecule is COC(=O)c1sc(-c2ccc(Oc3ccccc3)cc2)cc1NCC(=O)N1CCOCC1. The number of morpholine rings is 1. The number of carbonyl (C=O) groups is 2. The van der Waals surface area contributed by atoms with Crippen LogP contribution in [0.2, 0.25) is 0 Å². The smallest absolute Gasteiger partial charge is 0.350 e. The molecule has 2 heterocycles. The van der Waals surface area contributed by atoms with E-state index in [0.717, 1.165) is 21.9 Å². The van der Waals surface area contributed by atoms with Crippen molar-refractivity contribution in [3.8, 4) is 21.9 Å².